The molecule has 1 rings (SSSR count). The maximum absolute atomic E-state index is 11.8. The van der Waals surface area contributed by atoms with Crippen LogP contribution in [0.2, 0.25) is 0 Å². The summed E-state index contributed by atoms with van der Waals surface area (Å²) in [5.74, 6) is 0.298. The van der Waals surface area contributed by atoms with Gasteiger partial charge in [0.25, 0.3) is 0 Å². The molecule has 0 aliphatic carbocycles. The standard InChI is InChI=1S/C13H24N4O2/c1-13(2,3)10-8-12(19-16-10)15-11(18)9-17(5)7-6-14-4/h8,14H,6-7,9H2,1-5H3,(H,15,18). The van der Waals surface area contributed by atoms with E-state index in [4.69, 9.17) is 4.52 Å². The fourth-order valence-corrected chi connectivity index (χ4v) is 1.49. The van der Waals surface area contributed by atoms with Crippen molar-refractivity contribution in [3.05, 3.63) is 11.8 Å². The van der Waals surface area contributed by atoms with E-state index in [1.807, 2.05) is 39.8 Å². The predicted molar refractivity (Wildman–Crippen MR) is 75.3 cm³/mol. The molecule has 0 radical (unpaired) electrons. The SMILES string of the molecule is CNCCN(C)CC(=O)Nc1cc(C(C)(C)C)no1. The van der Waals surface area contributed by atoms with Gasteiger partial charge >= 0.3 is 0 Å². The molecule has 0 aromatic carbocycles. The van der Waals surface area contributed by atoms with Crippen molar-refractivity contribution in [2.24, 2.45) is 0 Å². The minimum absolute atomic E-state index is 0.0872. The minimum atomic E-state index is -0.102. The van der Waals surface area contributed by atoms with E-state index in [9.17, 15) is 4.79 Å². The number of nitrogens with zero attached hydrogens (tertiary/aromatic N) is 2. The smallest absolute Gasteiger partial charge is 0.240 e. The van der Waals surface area contributed by atoms with E-state index in [-0.39, 0.29) is 11.3 Å². The van der Waals surface area contributed by atoms with Gasteiger partial charge in [-0.15, -0.1) is 0 Å². The second-order valence-electron chi connectivity index (χ2n) is 5.72. The third-order valence-corrected chi connectivity index (χ3v) is 2.70. The third kappa shape index (κ3) is 5.40. The molecular weight excluding hydrogens is 244 g/mol. The van der Waals surface area contributed by atoms with Gasteiger partial charge in [-0.3, -0.25) is 15.0 Å². The summed E-state index contributed by atoms with van der Waals surface area (Å²) in [4.78, 5) is 13.7. The maximum Gasteiger partial charge on any atom is 0.240 e. The van der Waals surface area contributed by atoms with E-state index < -0.39 is 0 Å². The highest BCUT2D eigenvalue weighted by molar-refractivity contribution is 5.90. The number of carbonyl (C=O) groups is 1. The van der Waals surface area contributed by atoms with Gasteiger partial charge < -0.3 is 9.84 Å². The van der Waals surface area contributed by atoms with Gasteiger partial charge in [0.2, 0.25) is 11.8 Å². The van der Waals surface area contributed by atoms with Crippen LogP contribution in [0.15, 0.2) is 10.6 Å². The molecule has 6 nitrogen and oxygen atoms in total. The summed E-state index contributed by atoms with van der Waals surface area (Å²) in [5, 5.41) is 9.71. The first-order valence-corrected chi connectivity index (χ1v) is 6.43. The number of aromatic nitrogens is 1. The highest BCUT2D eigenvalue weighted by Crippen LogP contribution is 2.23. The Morgan fingerprint density at radius 2 is 2.16 bits per heavy atom. The van der Waals surface area contributed by atoms with E-state index in [0.29, 0.717) is 12.4 Å². The highest BCUT2D eigenvalue weighted by Gasteiger charge is 2.19. The summed E-state index contributed by atoms with van der Waals surface area (Å²) in [7, 11) is 3.79. The largest absolute Gasteiger partial charge is 0.338 e. The Hall–Kier alpha value is -1.40. The first-order valence-electron chi connectivity index (χ1n) is 6.43. The summed E-state index contributed by atoms with van der Waals surface area (Å²) < 4.78 is 5.11. The van der Waals surface area contributed by atoms with Crippen molar-refractivity contribution in [2.75, 3.05) is 39.0 Å². The summed E-state index contributed by atoms with van der Waals surface area (Å²) in [6, 6.07) is 1.77. The van der Waals surface area contributed by atoms with E-state index in [2.05, 4.69) is 15.8 Å². The van der Waals surface area contributed by atoms with Crippen LogP contribution in [-0.4, -0.2) is 49.7 Å². The van der Waals surface area contributed by atoms with Crippen LogP contribution in [-0.2, 0) is 10.2 Å². The molecule has 0 atom stereocenters. The summed E-state index contributed by atoms with van der Waals surface area (Å²) >= 11 is 0. The molecule has 2 N–H and O–H groups in total. The highest BCUT2D eigenvalue weighted by atomic mass is 16.5. The van der Waals surface area contributed by atoms with Gasteiger partial charge in [0, 0.05) is 24.6 Å². The van der Waals surface area contributed by atoms with E-state index >= 15 is 0 Å². The van der Waals surface area contributed by atoms with Gasteiger partial charge in [-0.05, 0) is 14.1 Å². The van der Waals surface area contributed by atoms with Gasteiger partial charge in [0.05, 0.1) is 12.2 Å². The topological polar surface area (TPSA) is 70.4 Å². The maximum atomic E-state index is 11.8. The molecule has 0 saturated carbocycles. The van der Waals surface area contributed by atoms with Gasteiger partial charge in [-0.2, -0.15) is 0 Å². The van der Waals surface area contributed by atoms with Crippen molar-refractivity contribution in [1.29, 1.82) is 0 Å². The minimum Gasteiger partial charge on any atom is -0.338 e. The van der Waals surface area contributed by atoms with Gasteiger partial charge in [0.15, 0.2) is 0 Å². The van der Waals surface area contributed by atoms with Crippen LogP contribution >= 0.6 is 0 Å². The van der Waals surface area contributed by atoms with Crippen LogP contribution < -0.4 is 10.6 Å². The van der Waals surface area contributed by atoms with Crippen LogP contribution in [0.25, 0.3) is 0 Å². The van der Waals surface area contributed by atoms with E-state index in [1.54, 1.807) is 6.07 Å². The second-order valence-corrected chi connectivity index (χ2v) is 5.72. The zero-order valence-corrected chi connectivity index (χ0v) is 12.4. The lowest BCUT2D eigenvalue weighted by Crippen LogP contribution is -2.34. The van der Waals surface area contributed by atoms with Crippen LogP contribution in [0.4, 0.5) is 5.88 Å². The first kappa shape index (κ1) is 15.7. The molecule has 0 spiro atoms. The Balaban J connectivity index is 2.46. The molecule has 1 aromatic heterocycles. The Morgan fingerprint density at radius 3 is 2.68 bits per heavy atom. The molecule has 0 bridgehead atoms. The summed E-state index contributed by atoms with van der Waals surface area (Å²) in [6.07, 6.45) is 0. The second kappa shape index (κ2) is 6.68. The molecule has 0 aliphatic rings. The molecule has 0 saturated heterocycles. The van der Waals surface area contributed by atoms with Crippen molar-refractivity contribution < 1.29 is 9.32 Å². The lowest BCUT2D eigenvalue weighted by molar-refractivity contribution is -0.117. The Morgan fingerprint density at radius 1 is 1.47 bits per heavy atom. The molecule has 1 heterocycles. The average molecular weight is 268 g/mol. The number of rotatable bonds is 6. The molecular formula is C13H24N4O2. The first-order chi connectivity index (χ1) is 8.82. The van der Waals surface area contributed by atoms with E-state index in [1.165, 1.54) is 0 Å². The van der Waals surface area contributed by atoms with Gasteiger partial charge in [-0.25, -0.2) is 0 Å². The van der Waals surface area contributed by atoms with Crippen molar-refractivity contribution in [3.8, 4) is 0 Å². The number of hydrogen-bond donors (Lipinski definition) is 2. The molecule has 0 fully saturated rings. The fourth-order valence-electron chi connectivity index (χ4n) is 1.49. The molecule has 0 aliphatic heterocycles. The number of hydrogen-bond acceptors (Lipinski definition) is 5. The van der Waals surface area contributed by atoms with Crippen molar-refractivity contribution in [3.63, 3.8) is 0 Å². The van der Waals surface area contributed by atoms with Crippen molar-refractivity contribution in [2.45, 2.75) is 26.2 Å². The van der Waals surface area contributed by atoms with Gasteiger partial charge in [-0.1, -0.05) is 25.9 Å². The Bertz CT molecular complexity index is 409. The zero-order chi connectivity index (χ0) is 14.5. The Labute approximate surface area is 114 Å². The van der Waals surface area contributed by atoms with Gasteiger partial charge in [0.1, 0.15) is 0 Å². The third-order valence-electron chi connectivity index (χ3n) is 2.70. The number of amides is 1. The van der Waals surface area contributed by atoms with Crippen LogP contribution in [0.1, 0.15) is 26.5 Å². The number of anilines is 1. The lowest BCUT2D eigenvalue weighted by Gasteiger charge is -2.15. The molecule has 19 heavy (non-hydrogen) atoms. The number of nitrogens with one attached hydrogen (secondary N) is 2. The van der Waals surface area contributed by atoms with Crippen LogP contribution in [0, 0.1) is 0 Å². The fraction of sp³-hybridized carbons (Fsp3) is 0.692. The van der Waals surface area contributed by atoms with Crippen molar-refractivity contribution >= 4 is 11.8 Å². The van der Waals surface area contributed by atoms with E-state index in [0.717, 1.165) is 18.8 Å². The molecule has 6 heteroatoms. The number of likely N-dealkylation sites (N-methyl/N-ethyl adjacent to an activating group) is 2. The van der Waals surface area contributed by atoms with Crippen LogP contribution in [0.5, 0.6) is 0 Å². The monoisotopic (exact) mass is 268 g/mol. The average Bonchev–Trinajstić information content (AvgIpc) is 2.74. The van der Waals surface area contributed by atoms with Crippen LogP contribution in [0.3, 0.4) is 0 Å². The molecule has 108 valence electrons. The van der Waals surface area contributed by atoms with Crippen molar-refractivity contribution in [1.82, 2.24) is 15.4 Å². The normalized spacial score (nSPS) is 11.9. The molecule has 1 amide bonds. The molecule has 1 aromatic rings. The Kier molecular flexibility index (Phi) is 5.50. The summed E-state index contributed by atoms with van der Waals surface area (Å²) in [6.45, 7) is 8.12. The lowest BCUT2D eigenvalue weighted by atomic mass is 9.92. The quantitative estimate of drug-likeness (QED) is 0.807. The predicted octanol–water partition coefficient (Wildman–Crippen LogP) is 1.06. The number of carbonyl (C=O) groups excluding carboxylic acids is 1. The zero-order valence-electron chi connectivity index (χ0n) is 12.4. The molecule has 0 unspecified atom stereocenters. The summed E-state index contributed by atoms with van der Waals surface area (Å²) in [5.41, 5.74) is 0.738.